The highest BCUT2D eigenvalue weighted by molar-refractivity contribution is 5.76. The van der Waals surface area contributed by atoms with Crippen molar-refractivity contribution >= 4 is 11.7 Å². The Morgan fingerprint density at radius 3 is 2.50 bits per heavy atom. The lowest BCUT2D eigenvalue weighted by molar-refractivity contribution is -0.149. The van der Waals surface area contributed by atoms with Crippen molar-refractivity contribution in [2.75, 3.05) is 19.0 Å². The highest BCUT2D eigenvalue weighted by Gasteiger charge is 2.28. The summed E-state index contributed by atoms with van der Waals surface area (Å²) < 4.78 is 4.80. The van der Waals surface area contributed by atoms with E-state index in [0.717, 1.165) is 5.69 Å². The van der Waals surface area contributed by atoms with E-state index in [-0.39, 0.29) is 5.97 Å². The molecule has 0 aliphatic carbocycles. The van der Waals surface area contributed by atoms with Crippen LogP contribution < -0.4 is 5.32 Å². The van der Waals surface area contributed by atoms with Crippen molar-refractivity contribution in [1.29, 1.82) is 0 Å². The molecule has 0 heterocycles. The van der Waals surface area contributed by atoms with E-state index >= 15 is 0 Å². The minimum atomic E-state index is -0.529. The fraction of sp³-hybridized carbons (Fsp3) is 0.533. The number of methoxy groups -OCH3 is 1. The van der Waals surface area contributed by atoms with Crippen LogP contribution in [0.15, 0.2) is 24.3 Å². The van der Waals surface area contributed by atoms with Crippen LogP contribution in [0.2, 0.25) is 0 Å². The monoisotopic (exact) mass is 249 g/mol. The molecule has 0 spiro atoms. The standard InChI is InChI=1S/C15H23NO2/c1-11(2)12-8-6-7-9-13(12)16-10-15(3,4)14(17)18-5/h6-9,11,16H,10H2,1-5H3. The third kappa shape index (κ3) is 3.49. The number of carbonyl (C=O) groups excluding carboxylic acids is 1. The van der Waals surface area contributed by atoms with Crippen molar-refractivity contribution in [3.05, 3.63) is 29.8 Å². The summed E-state index contributed by atoms with van der Waals surface area (Å²) in [6.45, 7) is 8.63. The summed E-state index contributed by atoms with van der Waals surface area (Å²) in [5.74, 6) is 0.256. The molecule has 1 N–H and O–H groups in total. The molecule has 1 aromatic carbocycles. The van der Waals surface area contributed by atoms with Crippen LogP contribution >= 0.6 is 0 Å². The van der Waals surface area contributed by atoms with Crippen LogP contribution in [0.5, 0.6) is 0 Å². The molecule has 3 heteroatoms. The Balaban J connectivity index is 2.78. The first-order valence-electron chi connectivity index (χ1n) is 6.29. The molecule has 0 amide bonds. The maximum absolute atomic E-state index is 11.6. The van der Waals surface area contributed by atoms with E-state index < -0.39 is 5.41 Å². The summed E-state index contributed by atoms with van der Waals surface area (Å²) in [7, 11) is 1.42. The van der Waals surface area contributed by atoms with E-state index in [1.165, 1.54) is 12.7 Å². The number of anilines is 1. The lowest BCUT2D eigenvalue weighted by Gasteiger charge is -2.24. The number of hydrogen-bond donors (Lipinski definition) is 1. The van der Waals surface area contributed by atoms with Crippen LogP contribution in [0.4, 0.5) is 5.69 Å². The molecule has 0 bridgehead atoms. The molecule has 0 aliphatic rings. The van der Waals surface area contributed by atoms with Gasteiger partial charge in [0.05, 0.1) is 12.5 Å². The van der Waals surface area contributed by atoms with Gasteiger partial charge < -0.3 is 10.1 Å². The van der Waals surface area contributed by atoms with Crippen LogP contribution in [0.1, 0.15) is 39.2 Å². The fourth-order valence-corrected chi connectivity index (χ4v) is 1.83. The lowest BCUT2D eigenvalue weighted by atomic mass is 9.93. The summed E-state index contributed by atoms with van der Waals surface area (Å²) in [4.78, 5) is 11.6. The van der Waals surface area contributed by atoms with E-state index in [2.05, 4.69) is 25.2 Å². The number of esters is 1. The first-order chi connectivity index (χ1) is 8.38. The third-order valence-corrected chi connectivity index (χ3v) is 3.04. The molecule has 0 atom stereocenters. The van der Waals surface area contributed by atoms with Crippen molar-refractivity contribution in [2.24, 2.45) is 5.41 Å². The molecular weight excluding hydrogens is 226 g/mol. The Morgan fingerprint density at radius 1 is 1.33 bits per heavy atom. The second kappa shape index (κ2) is 5.89. The van der Waals surface area contributed by atoms with Gasteiger partial charge in [0.1, 0.15) is 0 Å². The molecule has 0 saturated heterocycles. The van der Waals surface area contributed by atoms with Gasteiger partial charge in [0.25, 0.3) is 0 Å². The number of nitrogens with one attached hydrogen (secondary N) is 1. The third-order valence-electron chi connectivity index (χ3n) is 3.04. The van der Waals surface area contributed by atoms with Crippen molar-refractivity contribution in [2.45, 2.75) is 33.6 Å². The zero-order valence-corrected chi connectivity index (χ0v) is 11.9. The van der Waals surface area contributed by atoms with Crippen molar-refractivity contribution < 1.29 is 9.53 Å². The van der Waals surface area contributed by atoms with Gasteiger partial charge in [0.15, 0.2) is 0 Å². The van der Waals surface area contributed by atoms with Crippen molar-refractivity contribution in [3.63, 3.8) is 0 Å². The average Bonchev–Trinajstić information content (AvgIpc) is 2.35. The lowest BCUT2D eigenvalue weighted by Crippen LogP contribution is -2.33. The number of benzene rings is 1. The average molecular weight is 249 g/mol. The first-order valence-corrected chi connectivity index (χ1v) is 6.29. The SMILES string of the molecule is COC(=O)C(C)(C)CNc1ccccc1C(C)C. The molecule has 0 aromatic heterocycles. The molecule has 100 valence electrons. The number of para-hydroxylation sites is 1. The molecule has 1 aromatic rings. The Labute approximate surface area is 110 Å². The quantitative estimate of drug-likeness (QED) is 0.813. The van der Waals surface area contributed by atoms with E-state index in [1.54, 1.807) is 0 Å². The zero-order chi connectivity index (χ0) is 13.8. The van der Waals surface area contributed by atoms with Gasteiger partial charge in [-0.15, -0.1) is 0 Å². The van der Waals surface area contributed by atoms with E-state index in [9.17, 15) is 4.79 Å². The Hall–Kier alpha value is -1.51. The summed E-state index contributed by atoms with van der Waals surface area (Å²) in [5.41, 5.74) is 1.82. The number of ether oxygens (including phenoxy) is 1. The molecule has 18 heavy (non-hydrogen) atoms. The highest BCUT2D eigenvalue weighted by Crippen LogP contribution is 2.25. The predicted octanol–water partition coefficient (Wildman–Crippen LogP) is 3.42. The van der Waals surface area contributed by atoms with Gasteiger partial charge in [-0.25, -0.2) is 0 Å². The van der Waals surface area contributed by atoms with Gasteiger partial charge in [-0.2, -0.15) is 0 Å². The van der Waals surface area contributed by atoms with Crippen molar-refractivity contribution in [3.8, 4) is 0 Å². The second-order valence-corrected chi connectivity index (χ2v) is 5.47. The summed E-state index contributed by atoms with van der Waals surface area (Å²) in [5, 5.41) is 3.35. The van der Waals surface area contributed by atoms with Crippen LogP contribution in [0, 0.1) is 5.41 Å². The van der Waals surface area contributed by atoms with Crippen LogP contribution in [-0.4, -0.2) is 19.6 Å². The summed E-state index contributed by atoms with van der Waals surface area (Å²) in [6, 6.07) is 8.19. The molecule has 0 radical (unpaired) electrons. The van der Waals surface area contributed by atoms with Gasteiger partial charge >= 0.3 is 5.97 Å². The molecular formula is C15H23NO2. The zero-order valence-electron chi connectivity index (χ0n) is 11.9. The minimum Gasteiger partial charge on any atom is -0.469 e. The van der Waals surface area contributed by atoms with Crippen molar-refractivity contribution in [1.82, 2.24) is 0 Å². The van der Waals surface area contributed by atoms with Gasteiger partial charge in [-0.3, -0.25) is 4.79 Å². The van der Waals surface area contributed by atoms with Gasteiger partial charge in [0.2, 0.25) is 0 Å². The predicted molar refractivity (Wildman–Crippen MR) is 74.8 cm³/mol. The van der Waals surface area contributed by atoms with Crippen LogP contribution in [0.3, 0.4) is 0 Å². The molecule has 3 nitrogen and oxygen atoms in total. The molecule has 0 unspecified atom stereocenters. The first kappa shape index (κ1) is 14.6. The van der Waals surface area contributed by atoms with E-state index in [4.69, 9.17) is 4.74 Å². The molecule has 0 fully saturated rings. The summed E-state index contributed by atoms with van der Waals surface area (Å²) >= 11 is 0. The van der Waals surface area contributed by atoms with Crippen LogP contribution in [0.25, 0.3) is 0 Å². The molecule has 0 aliphatic heterocycles. The Morgan fingerprint density at radius 2 is 1.94 bits per heavy atom. The normalized spacial score (nSPS) is 11.4. The molecule has 0 saturated carbocycles. The second-order valence-electron chi connectivity index (χ2n) is 5.47. The maximum atomic E-state index is 11.6. The Bertz CT molecular complexity index is 411. The maximum Gasteiger partial charge on any atom is 0.313 e. The van der Waals surface area contributed by atoms with Gasteiger partial charge in [-0.1, -0.05) is 32.0 Å². The smallest absolute Gasteiger partial charge is 0.313 e. The van der Waals surface area contributed by atoms with E-state index in [1.807, 2.05) is 32.0 Å². The number of hydrogen-bond acceptors (Lipinski definition) is 3. The number of carbonyl (C=O) groups is 1. The van der Waals surface area contributed by atoms with E-state index in [0.29, 0.717) is 12.5 Å². The Kier molecular flexibility index (Phi) is 4.76. The highest BCUT2D eigenvalue weighted by atomic mass is 16.5. The fourth-order valence-electron chi connectivity index (χ4n) is 1.83. The minimum absolute atomic E-state index is 0.197. The van der Waals surface area contributed by atoms with Gasteiger partial charge in [0, 0.05) is 12.2 Å². The van der Waals surface area contributed by atoms with Crippen LogP contribution in [-0.2, 0) is 9.53 Å². The topological polar surface area (TPSA) is 38.3 Å². The van der Waals surface area contributed by atoms with Gasteiger partial charge in [-0.05, 0) is 31.4 Å². The largest absolute Gasteiger partial charge is 0.469 e. The summed E-state index contributed by atoms with van der Waals surface area (Å²) in [6.07, 6.45) is 0. The molecule has 1 rings (SSSR count). The number of rotatable bonds is 5.